The standard InChI is InChI=1S/C7H10F3N3O/c1-13-5(2-3-12-13)6(14,4-11)7(8,9)10/h2-3,14H,4,11H2,1H3. The maximum Gasteiger partial charge on any atom is 0.424 e. The van der Waals surface area contributed by atoms with Gasteiger partial charge >= 0.3 is 6.18 Å². The van der Waals surface area contributed by atoms with Gasteiger partial charge in [0.05, 0.1) is 5.69 Å². The van der Waals surface area contributed by atoms with E-state index in [-0.39, 0.29) is 5.69 Å². The molecule has 7 heteroatoms. The Labute approximate surface area is 78.1 Å². The molecule has 0 aliphatic heterocycles. The minimum Gasteiger partial charge on any atom is -0.374 e. The first-order valence-electron chi connectivity index (χ1n) is 3.80. The van der Waals surface area contributed by atoms with Gasteiger partial charge in [0.1, 0.15) is 0 Å². The molecule has 0 bridgehead atoms. The molecule has 0 aromatic carbocycles. The first-order valence-corrected chi connectivity index (χ1v) is 3.80. The molecule has 80 valence electrons. The Kier molecular flexibility index (Phi) is 2.55. The van der Waals surface area contributed by atoms with Crippen LogP contribution in [0.5, 0.6) is 0 Å². The molecule has 0 aliphatic carbocycles. The molecule has 0 aliphatic rings. The predicted molar refractivity (Wildman–Crippen MR) is 42.2 cm³/mol. The van der Waals surface area contributed by atoms with E-state index in [9.17, 15) is 18.3 Å². The van der Waals surface area contributed by atoms with Crippen LogP contribution in [0.4, 0.5) is 13.2 Å². The van der Waals surface area contributed by atoms with Gasteiger partial charge in [0.15, 0.2) is 0 Å². The molecule has 1 aromatic heterocycles. The average Bonchev–Trinajstić information content (AvgIpc) is 2.48. The Bertz CT molecular complexity index is 322. The molecule has 0 spiro atoms. The molecule has 1 unspecified atom stereocenters. The monoisotopic (exact) mass is 209 g/mol. The minimum atomic E-state index is -4.81. The summed E-state index contributed by atoms with van der Waals surface area (Å²) in [5.41, 5.74) is 1.54. The average molecular weight is 209 g/mol. The molecule has 14 heavy (non-hydrogen) atoms. The van der Waals surface area contributed by atoms with Crippen molar-refractivity contribution >= 4 is 0 Å². The van der Waals surface area contributed by atoms with Crippen molar-refractivity contribution in [3.05, 3.63) is 18.0 Å². The van der Waals surface area contributed by atoms with Gasteiger partial charge in [0.2, 0.25) is 5.60 Å². The SMILES string of the molecule is Cn1nccc1C(O)(CN)C(F)(F)F. The fourth-order valence-electron chi connectivity index (χ4n) is 1.15. The summed E-state index contributed by atoms with van der Waals surface area (Å²) in [6.07, 6.45) is -3.64. The molecule has 0 radical (unpaired) electrons. The summed E-state index contributed by atoms with van der Waals surface area (Å²) >= 11 is 0. The van der Waals surface area contributed by atoms with E-state index in [0.717, 1.165) is 10.7 Å². The van der Waals surface area contributed by atoms with E-state index >= 15 is 0 Å². The molecular formula is C7H10F3N3O. The number of hydrogen-bond donors (Lipinski definition) is 2. The van der Waals surface area contributed by atoms with Crippen molar-refractivity contribution in [2.75, 3.05) is 6.54 Å². The number of hydrogen-bond acceptors (Lipinski definition) is 3. The first-order chi connectivity index (χ1) is 6.33. The molecule has 0 saturated carbocycles. The lowest BCUT2D eigenvalue weighted by Gasteiger charge is -2.28. The fraction of sp³-hybridized carbons (Fsp3) is 0.571. The van der Waals surface area contributed by atoms with Crippen LogP contribution in [0, 0.1) is 0 Å². The Morgan fingerprint density at radius 2 is 2.14 bits per heavy atom. The second kappa shape index (κ2) is 3.25. The van der Waals surface area contributed by atoms with Gasteiger partial charge < -0.3 is 10.8 Å². The van der Waals surface area contributed by atoms with Gasteiger partial charge in [-0.3, -0.25) is 4.68 Å². The maximum absolute atomic E-state index is 12.5. The molecule has 4 nitrogen and oxygen atoms in total. The summed E-state index contributed by atoms with van der Waals surface area (Å²) in [4.78, 5) is 0. The number of halogens is 3. The number of alkyl halides is 3. The highest BCUT2D eigenvalue weighted by Gasteiger charge is 2.55. The van der Waals surface area contributed by atoms with Crippen LogP contribution in [0.2, 0.25) is 0 Å². The summed E-state index contributed by atoms with van der Waals surface area (Å²) in [5.74, 6) is 0. The molecule has 1 aromatic rings. The number of nitrogens with zero attached hydrogens (tertiary/aromatic N) is 2. The number of aromatic nitrogens is 2. The van der Waals surface area contributed by atoms with Crippen LogP contribution in [0.3, 0.4) is 0 Å². The lowest BCUT2D eigenvalue weighted by molar-refractivity contribution is -0.264. The van der Waals surface area contributed by atoms with E-state index in [1.54, 1.807) is 0 Å². The van der Waals surface area contributed by atoms with Crippen LogP contribution < -0.4 is 5.73 Å². The van der Waals surface area contributed by atoms with Gasteiger partial charge in [0, 0.05) is 19.8 Å². The molecule has 1 rings (SSSR count). The molecule has 0 fully saturated rings. The zero-order valence-electron chi connectivity index (χ0n) is 7.41. The molecule has 1 heterocycles. The third-order valence-corrected chi connectivity index (χ3v) is 2.01. The number of nitrogens with two attached hydrogens (primary N) is 1. The van der Waals surface area contributed by atoms with Crippen molar-refractivity contribution in [1.29, 1.82) is 0 Å². The molecule has 3 N–H and O–H groups in total. The third-order valence-electron chi connectivity index (χ3n) is 2.01. The van der Waals surface area contributed by atoms with Crippen LogP contribution in [0.15, 0.2) is 12.3 Å². The summed E-state index contributed by atoms with van der Waals surface area (Å²) in [6.45, 7) is -0.934. The van der Waals surface area contributed by atoms with Crippen LogP contribution >= 0.6 is 0 Å². The fourth-order valence-corrected chi connectivity index (χ4v) is 1.15. The summed E-state index contributed by atoms with van der Waals surface area (Å²) in [5, 5.41) is 12.9. The molecule has 0 saturated heterocycles. The zero-order chi connectivity index (χ0) is 11.0. The largest absolute Gasteiger partial charge is 0.424 e. The van der Waals surface area contributed by atoms with Crippen molar-refractivity contribution in [1.82, 2.24) is 9.78 Å². The van der Waals surface area contributed by atoms with Crippen molar-refractivity contribution in [2.24, 2.45) is 12.8 Å². The second-order valence-electron chi connectivity index (χ2n) is 2.90. The highest BCUT2D eigenvalue weighted by atomic mass is 19.4. The molecule has 0 amide bonds. The minimum absolute atomic E-state index is 0.368. The first kappa shape index (κ1) is 11.0. The highest BCUT2D eigenvalue weighted by Crippen LogP contribution is 2.37. The van der Waals surface area contributed by atoms with Gasteiger partial charge in [-0.25, -0.2) is 0 Å². The smallest absolute Gasteiger partial charge is 0.374 e. The van der Waals surface area contributed by atoms with E-state index in [1.165, 1.54) is 13.2 Å². The Morgan fingerprint density at radius 3 is 2.43 bits per heavy atom. The van der Waals surface area contributed by atoms with Crippen LogP contribution in [-0.2, 0) is 12.6 Å². The van der Waals surface area contributed by atoms with Crippen molar-refractivity contribution in [3.63, 3.8) is 0 Å². The van der Waals surface area contributed by atoms with Gasteiger partial charge in [-0.1, -0.05) is 0 Å². The maximum atomic E-state index is 12.5. The summed E-state index contributed by atoms with van der Waals surface area (Å²) in [6, 6.07) is 1.08. The number of aliphatic hydroxyl groups is 1. The second-order valence-corrected chi connectivity index (χ2v) is 2.90. The number of rotatable bonds is 2. The van der Waals surface area contributed by atoms with Crippen molar-refractivity contribution < 1.29 is 18.3 Å². The summed E-state index contributed by atoms with van der Waals surface area (Å²) < 4.78 is 38.4. The normalized spacial score (nSPS) is 16.7. The third kappa shape index (κ3) is 1.48. The summed E-state index contributed by atoms with van der Waals surface area (Å²) in [7, 11) is 1.31. The topological polar surface area (TPSA) is 64.1 Å². The van der Waals surface area contributed by atoms with E-state index in [4.69, 9.17) is 5.73 Å². The van der Waals surface area contributed by atoms with Crippen LogP contribution in [-0.4, -0.2) is 27.6 Å². The van der Waals surface area contributed by atoms with E-state index in [1.807, 2.05) is 0 Å². The molecule has 1 atom stereocenters. The van der Waals surface area contributed by atoms with Gasteiger partial charge in [-0.15, -0.1) is 0 Å². The van der Waals surface area contributed by atoms with Gasteiger partial charge in [-0.2, -0.15) is 18.3 Å². The predicted octanol–water partition coefficient (Wildman–Crippen LogP) is 0.129. The Morgan fingerprint density at radius 1 is 1.57 bits per heavy atom. The zero-order valence-corrected chi connectivity index (χ0v) is 7.41. The Hall–Kier alpha value is -1.08. The lowest BCUT2D eigenvalue weighted by atomic mass is 9.99. The van der Waals surface area contributed by atoms with E-state index < -0.39 is 18.3 Å². The number of aryl methyl sites for hydroxylation is 1. The molecular weight excluding hydrogens is 199 g/mol. The van der Waals surface area contributed by atoms with E-state index in [0.29, 0.717) is 0 Å². The van der Waals surface area contributed by atoms with Crippen LogP contribution in [0.25, 0.3) is 0 Å². The highest BCUT2D eigenvalue weighted by molar-refractivity contribution is 5.15. The quantitative estimate of drug-likeness (QED) is 0.727. The van der Waals surface area contributed by atoms with Crippen LogP contribution in [0.1, 0.15) is 5.69 Å². The van der Waals surface area contributed by atoms with E-state index in [2.05, 4.69) is 5.10 Å². The van der Waals surface area contributed by atoms with Crippen molar-refractivity contribution in [3.8, 4) is 0 Å². The Balaban J connectivity index is 3.22. The van der Waals surface area contributed by atoms with Crippen molar-refractivity contribution in [2.45, 2.75) is 11.8 Å². The lowest BCUT2D eigenvalue weighted by Crippen LogP contribution is -2.49. The van der Waals surface area contributed by atoms with Gasteiger partial charge in [0.25, 0.3) is 0 Å². The van der Waals surface area contributed by atoms with Gasteiger partial charge in [-0.05, 0) is 6.07 Å².